The smallest absolute Gasteiger partial charge is 0.191 e. The van der Waals surface area contributed by atoms with E-state index < -0.39 is 0 Å². The van der Waals surface area contributed by atoms with Crippen LogP contribution in [0.5, 0.6) is 0 Å². The van der Waals surface area contributed by atoms with Crippen molar-refractivity contribution < 1.29 is 4.42 Å². The Kier molecular flexibility index (Phi) is 4.84. The third kappa shape index (κ3) is 3.76. The molecule has 3 aromatic rings. The van der Waals surface area contributed by atoms with E-state index >= 15 is 0 Å². The summed E-state index contributed by atoms with van der Waals surface area (Å²) in [5, 5.41) is 12.0. The maximum Gasteiger partial charge on any atom is 0.191 e. The maximum atomic E-state index is 5.89. The fraction of sp³-hybridized carbons (Fsp3) is 0.333. The number of nitrogens with one attached hydrogen (secondary N) is 2. The van der Waals surface area contributed by atoms with E-state index in [1.165, 1.54) is 0 Å². The summed E-state index contributed by atoms with van der Waals surface area (Å²) in [4.78, 5) is 4.27. The van der Waals surface area contributed by atoms with E-state index in [4.69, 9.17) is 4.42 Å². The second-order valence-electron chi connectivity index (χ2n) is 5.83. The lowest BCUT2D eigenvalue weighted by molar-refractivity contribution is 0.487. The molecule has 1 unspecified atom stereocenters. The van der Waals surface area contributed by atoms with Crippen molar-refractivity contribution in [3.05, 3.63) is 54.0 Å². The van der Waals surface area contributed by atoms with Gasteiger partial charge in [-0.2, -0.15) is 5.10 Å². The average molecular weight is 325 g/mol. The summed E-state index contributed by atoms with van der Waals surface area (Å²) >= 11 is 0. The molecule has 0 aliphatic rings. The monoisotopic (exact) mass is 325 g/mol. The molecule has 3 rings (SSSR count). The lowest BCUT2D eigenvalue weighted by Gasteiger charge is -2.16. The molecule has 2 aromatic heterocycles. The van der Waals surface area contributed by atoms with Gasteiger partial charge in [0.15, 0.2) is 5.96 Å². The Hall–Kier alpha value is -2.76. The highest BCUT2D eigenvalue weighted by molar-refractivity contribution is 5.81. The van der Waals surface area contributed by atoms with Crippen molar-refractivity contribution in [1.29, 1.82) is 0 Å². The first kappa shape index (κ1) is 16.1. The Morgan fingerprint density at radius 2 is 2.21 bits per heavy atom. The van der Waals surface area contributed by atoms with Gasteiger partial charge < -0.3 is 15.1 Å². The Morgan fingerprint density at radius 1 is 1.38 bits per heavy atom. The van der Waals surface area contributed by atoms with E-state index in [9.17, 15) is 0 Å². The van der Waals surface area contributed by atoms with Crippen LogP contribution in [0.1, 0.15) is 24.3 Å². The molecular formula is C18H23N5O. The summed E-state index contributed by atoms with van der Waals surface area (Å²) < 4.78 is 7.81. The first-order valence-electron chi connectivity index (χ1n) is 8.10. The van der Waals surface area contributed by atoms with Crippen LogP contribution in [-0.2, 0) is 6.54 Å². The summed E-state index contributed by atoms with van der Waals surface area (Å²) in [6.07, 6.45) is 3.88. The van der Waals surface area contributed by atoms with Crippen molar-refractivity contribution in [2.24, 2.45) is 4.99 Å². The Bertz CT molecular complexity index is 800. The Labute approximate surface area is 141 Å². The summed E-state index contributed by atoms with van der Waals surface area (Å²) in [6, 6.07) is 10.1. The molecule has 2 heterocycles. The molecule has 0 aliphatic carbocycles. The van der Waals surface area contributed by atoms with Gasteiger partial charge >= 0.3 is 0 Å². The minimum absolute atomic E-state index is 0.0237. The van der Waals surface area contributed by atoms with Crippen molar-refractivity contribution in [3.8, 4) is 0 Å². The third-order valence-corrected chi connectivity index (χ3v) is 3.84. The van der Waals surface area contributed by atoms with E-state index in [2.05, 4.69) is 33.7 Å². The molecule has 0 amide bonds. The number of guanidine groups is 1. The molecule has 0 fully saturated rings. The Balaban J connectivity index is 1.56. The minimum Gasteiger partial charge on any atom is -0.459 e. The summed E-state index contributed by atoms with van der Waals surface area (Å²) in [5.41, 5.74) is 2.06. The van der Waals surface area contributed by atoms with E-state index in [1.54, 1.807) is 7.05 Å². The normalized spacial score (nSPS) is 13.2. The van der Waals surface area contributed by atoms with Crippen LogP contribution in [0.3, 0.4) is 0 Å². The van der Waals surface area contributed by atoms with E-state index in [-0.39, 0.29) is 6.04 Å². The van der Waals surface area contributed by atoms with E-state index in [0.29, 0.717) is 0 Å². The number of fused-ring (bicyclic) bond motifs is 1. The molecule has 2 N–H and O–H groups in total. The average Bonchev–Trinajstić information content (AvgIpc) is 3.19. The molecule has 0 saturated carbocycles. The number of aromatic nitrogens is 2. The highest BCUT2D eigenvalue weighted by Gasteiger charge is 2.12. The van der Waals surface area contributed by atoms with Gasteiger partial charge in [-0.3, -0.25) is 9.67 Å². The zero-order valence-electron chi connectivity index (χ0n) is 14.3. The third-order valence-electron chi connectivity index (χ3n) is 3.84. The number of hydrogen-bond acceptors (Lipinski definition) is 3. The van der Waals surface area contributed by atoms with Crippen LogP contribution in [-0.4, -0.2) is 29.3 Å². The maximum absolute atomic E-state index is 5.89. The summed E-state index contributed by atoms with van der Waals surface area (Å²) in [7, 11) is 1.76. The highest BCUT2D eigenvalue weighted by atomic mass is 16.3. The molecule has 0 bridgehead atoms. The second kappa shape index (κ2) is 7.21. The predicted octanol–water partition coefficient (Wildman–Crippen LogP) is 2.86. The van der Waals surface area contributed by atoms with Crippen LogP contribution in [0.2, 0.25) is 0 Å². The lowest BCUT2D eigenvalue weighted by atomic mass is 10.2. The van der Waals surface area contributed by atoms with Crippen molar-refractivity contribution >= 4 is 16.9 Å². The van der Waals surface area contributed by atoms with Gasteiger partial charge in [0.05, 0.1) is 18.8 Å². The molecule has 0 saturated heterocycles. The molecule has 24 heavy (non-hydrogen) atoms. The van der Waals surface area contributed by atoms with Crippen LogP contribution in [0.15, 0.2) is 52.1 Å². The Morgan fingerprint density at radius 3 is 2.92 bits per heavy atom. The van der Waals surface area contributed by atoms with Gasteiger partial charge in [0.1, 0.15) is 11.3 Å². The van der Waals surface area contributed by atoms with Gasteiger partial charge in [-0.05, 0) is 31.5 Å². The van der Waals surface area contributed by atoms with E-state index in [1.807, 2.05) is 48.3 Å². The molecule has 6 nitrogen and oxygen atoms in total. The van der Waals surface area contributed by atoms with Crippen LogP contribution >= 0.6 is 0 Å². The lowest BCUT2D eigenvalue weighted by Crippen LogP contribution is -2.40. The number of aryl methyl sites for hydroxylation is 1. The van der Waals surface area contributed by atoms with Crippen molar-refractivity contribution in [3.63, 3.8) is 0 Å². The quantitative estimate of drug-likeness (QED) is 0.559. The highest BCUT2D eigenvalue weighted by Crippen LogP contribution is 2.23. The number of rotatable bonds is 5. The molecule has 6 heteroatoms. The predicted molar refractivity (Wildman–Crippen MR) is 96.1 cm³/mol. The standard InChI is InChI=1S/C18H23N5O/c1-13-11-21-23(12-13)9-8-20-18(19-3)22-14(2)17-10-15-6-4-5-7-16(15)24-17/h4-7,10-12,14H,8-9H2,1-3H3,(H2,19,20,22). The van der Waals surface area contributed by atoms with Gasteiger partial charge in [-0.15, -0.1) is 0 Å². The van der Waals surface area contributed by atoms with Crippen LogP contribution in [0.4, 0.5) is 0 Å². The first-order valence-corrected chi connectivity index (χ1v) is 8.10. The van der Waals surface area contributed by atoms with Crippen LogP contribution < -0.4 is 10.6 Å². The molecule has 0 radical (unpaired) electrons. The number of hydrogen-bond donors (Lipinski definition) is 2. The molecule has 0 spiro atoms. The fourth-order valence-corrected chi connectivity index (χ4v) is 2.56. The molecule has 0 aliphatic heterocycles. The molecule has 126 valence electrons. The van der Waals surface area contributed by atoms with Gasteiger partial charge in [-0.1, -0.05) is 18.2 Å². The zero-order chi connectivity index (χ0) is 16.9. The van der Waals surface area contributed by atoms with Gasteiger partial charge in [0, 0.05) is 25.2 Å². The summed E-state index contributed by atoms with van der Waals surface area (Å²) in [6.45, 7) is 5.62. The van der Waals surface area contributed by atoms with Gasteiger partial charge in [0.25, 0.3) is 0 Å². The molecular weight excluding hydrogens is 302 g/mol. The fourth-order valence-electron chi connectivity index (χ4n) is 2.56. The van der Waals surface area contributed by atoms with E-state index in [0.717, 1.165) is 41.3 Å². The minimum atomic E-state index is 0.0237. The second-order valence-corrected chi connectivity index (χ2v) is 5.83. The van der Waals surface area contributed by atoms with Gasteiger partial charge in [-0.25, -0.2) is 0 Å². The number of para-hydroxylation sites is 1. The van der Waals surface area contributed by atoms with Crippen LogP contribution in [0, 0.1) is 6.92 Å². The number of benzene rings is 1. The molecule has 1 atom stereocenters. The van der Waals surface area contributed by atoms with Crippen molar-refractivity contribution in [2.75, 3.05) is 13.6 Å². The first-order chi connectivity index (χ1) is 11.7. The van der Waals surface area contributed by atoms with Crippen molar-refractivity contribution in [1.82, 2.24) is 20.4 Å². The SMILES string of the molecule is CN=C(NCCn1cc(C)cn1)NC(C)c1cc2ccccc2o1. The molecule has 1 aromatic carbocycles. The number of furan rings is 1. The number of aliphatic imine (C=N–C) groups is 1. The van der Waals surface area contributed by atoms with Crippen molar-refractivity contribution in [2.45, 2.75) is 26.4 Å². The van der Waals surface area contributed by atoms with Gasteiger partial charge in [0.2, 0.25) is 0 Å². The topological polar surface area (TPSA) is 67.4 Å². The van der Waals surface area contributed by atoms with Crippen LogP contribution in [0.25, 0.3) is 11.0 Å². The zero-order valence-corrected chi connectivity index (χ0v) is 14.3. The number of nitrogens with zero attached hydrogens (tertiary/aromatic N) is 3. The largest absolute Gasteiger partial charge is 0.459 e. The summed E-state index contributed by atoms with van der Waals surface area (Å²) in [5.74, 6) is 1.63.